The number of nitrogens with two attached hydrogens (primary N) is 1. The van der Waals surface area contributed by atoms with Crippen molar-refractivity contribution in [1.29, 1.82) is 0 Å². The van der Waals surface area contributed by atoms with Crippen LogP contribution in [0.3, 0.4) is 0 Å². The Morgan fingerprint density at radius 3 is 2.06 bits per heavy atom. The summed E-state index contributed by atoms with van der Waals surface area (Å²) in [5.74, 6) is 0.0553. The molecule has 3 nitrogen and oxygen atoms in total. The summed E-state index contributed by atoms with van der Waals surface area (Å²) in [6.45, 7) is 6.19. The van der Waals surface area contributed by atoms with Crippen LogP contribution in [0, 0.1) is 20.8 Å². The zero-order chi connectivity index (χ0) is 12.3. The lowest BCUT2D eigenvalue weighted by atomic mass is 9.96. The van der Waals surface area contributed by atoms with Crippen molar-refractivity contribution in [3.63, 3.8) is 0 Å². The van der Waals surface area contributed by atoms with Crippen LogP contribution in [0.25, 0.3) is 0 Å². The molecular weight excluding hydrogens is 222 g/mol. The molecule has 0 saturated carbocycles. The number of hydrogen-bond donors (Lipinski definition) is 1. The lowest BCUT2D eigenvalue weighted by molar-refractivity contribution is 0.595. The monoisotopic (exact) mass is 241 g/mol. The molecule has 0 bridgehead atoms. The Bertz CT molecular complexity index is 455. The maximum absolute atomic E-state index is 10.8. The van der Waals surface area contributed by atoms with E-state index in [0.29, 0.717) is 6.42 Å². The molecule has 4 heteroatoms. The lowest BCUT2D eigenvalue weighted by Crippen LogP contribution is -2.17. The smallest absolute Gasteiger partial charge is 0.209 e. The number of aryl methyl sites for hydroxylation is 3. The van der Waals surface area contributed by atoms with Crippen molar-refractivity contribution < 1.29 is 8.42 Å². The Morgan fingerprint density at radius 2 is 1.62 bits per heavy atom. The zero-order valence-electron chi connectivity index (χ0n) is 10.1. The number of rotatable bonds is 4. The Morgan fingerprint density at radius 1 is 1.12 bits per heavy atom. The van der Waals surface area contributed by atoms with E-state index in [4.69, 9.17) is 5.14 Å². The van der Waals surface area contributed by atoms with Crippen LogP contribution >= 0.6 is 0 Å². The predicted molar refractivity (Wildman–Crippen MR) is 66.9 cm³/mol. The quantitative estimate of drug-likeness (QED) is 0.874. The molecule has 0 aromatic heterocycles. The van der Waals surface area contributed by atoms with Crippen LogP contribution in [0.5, 0.6) is 0 Å². The first-order valence-corrected chi connectivity index (χ1v) is 7.08. The van der Waals surface area contributed by atoms with Gasteiger partial charge in [0.1, 0.15) is 0 Å². The highest BCUT2D eigenvalue weighted by Gasteiger charge is 2.06. The average molecular weight is 241 g/mol. The first kappa shape index (κ1) is 13.2. The summed E-state index contributed by atoms with van der Waals surface area (Å²) in [5, 5.41) is 4.97. The molecule has 0 aliphatic carbocycles. The number of sulfonamides is 1. The van der Waals surface area contributed by atoms with Gasteiger partial charge in [-0.05, 0) is 50.3 Å². The van der Waals surface area contributed by atoms with E-state index < -0.39 is 10.0 Å². The summed E-state index contributed by atoms with van der Waals surface area (Å²) >= 11 is 0. The van der Waals surface area contributed by atoms with E-state index in [0.717, 1.165) is 6.42 Å². The highest BCUT2D eigenvalue weighted by molar-refractivity contribution is 7.89. The fraction of sp³-hybridized carbons (Fsp3) is 0.500. The first-order valence-electron chi connectivity index (χ1n) is 5.37. The number of benzene rings is 1. The first-order chi connectivity index (χ1) is 7.29. The molecule has 0 heterocycles. The molecular formula is C12H19NO2S. The molecule has 0 amide bonds. The summed E-state index contributed by atoms with van der Waals surface area (Å²) in [6.07, 6.45) is 1.36. The third kappa shape index (κ3) is 3.94. The van der Waals surface area contributed by atoms with E-state index >= 15 is 0 Å². The van der Waals surface area contributed by atoms with Gasteiger partial charge >= 0.3 is 0 Å². The molecule has 0 unspecified atom stereocenters. The second-order valence-corrected chi connectivity index (χ2v) is 6.08. The van der Waals surface area contributed by atoms with Crippen LogP contribution in [-0.4, -0.2) is 14.2 Å². The van der Waals surface area contributed by atoms with E-state index in [1.165, 1.54) is 22.3 Å². The second kappa shape index (κ2) is 4.97. The van der Waals surface area contributed by atoms with Gasteiger partial charge < -0.3 is 0 Å². The summed E-state index contributed by atoms with van der Waals surface area (Å²) in [4.78, 5) is 0. The molecule has 1 rings (SSSR count). The standard InChI is InChI=1S/C12H19NO2S/c1-9-7-10(2)12(11(3)8-9)5-4-6-16(13,14)15/h7-8H,4-6H2,1-3H3,(H2,13,14,15). The van der Waals surface area contributed by atoms with Gasteiger partial charge in [-0.15, -0.1) is 0 Å². The minimum absolute atomic E-state index is 0.0553. The van der Waals surface area contributed by atoms with E-state index in [1.807, 2.05) is 0 Å². The van der Waals surface area contributed by atoms with E-state index in [-0.39, 0.29) is 5.75 Å². The maximum atomic E-state index is 10.8. The van der Waals surface area contributed by atoms with Crippen LogP contribution in [0.15, 0.2) is 12.1 Å². The minimum Gasteiger partial charge on any atom is -0.229 e. The Kier molecular flexibility index (Phi) is 4.10. The van der Waals surface area contributed by atoms with Gasteiger partial charge in [-0.1, -0.05) is 17.7 Å². The van der Waals surface area contributed by atoms with Crippen molar-refractivity contribution in [2.75, 3.05) is 5.75 Å². The summed E-state index contributed by atoms with van der Waals surface area (Å²) in [5.41, 5.74) is 4.94. The highest BCUT2D eigenvalue weighted by Crippen LogP contribution is 2.18. The van der Waals surface area contributed by atoms with Crippen LogP contribution in [0.2, 0.25) is 0 Å². The van der Waals surface area contributed by atoms with Crippen molar-refractivity contribution in [1.82, 2.24) is 0 Å². The molecule has 2 N–H and O–H groups in total. The average Bonchev–Trinajstić information content (AvgIpc) is 2.07. The molecule has 0 aliphatic heterocycles. The Balaban J connectivity index is 2.75. The third-order valence-electron chi connectivity index (χ3n) is 2.70. The van der Waals surface area contributed by atoms with Crippen LogP contribution in [-0.2, 0) is 16.4 Å². The molecule has 0 aliphatic rings. The van der Waals surface area contributed by atoms with Crippen molar-refractivity contribution in [3.8, 4) is 0 Å². The Labute approximate surface area is 97.7 Å². The fourth-order valence-electron chi connectivity index (χ4n) is 2.05. The van der Waals surface area contributed by atoms with Crippen molar-refractivity contribution in [2.45, 2.75) is 33.6 Å². The molecule has 0 radical (unpaired) electrons. The van der Waals surface area contributed by atoms with Crippen molar-refractivity contribution in [2.24, 2.45) is 5.14 Å². The van der Waals surface area contributed by atoms with Gasteiger partial charge in [-0.25, -0.2) is 13.6 Å². The van der Waals surface area contributed by atoms with Gasteiger partial charge in [0.25, 0.3) is 0 Å². The number of primary sulfonamides is 1. The maximum Gasteiger partial charge on any atom is 0.209 e. The summed E-state index contributed by atoms with van der Waals surface area (Å²) in [6, 6.07) is 4.25. The fourth-order valence-corrected chi connectivity index (χ4v) is 2.60. The van der Waals surface area contributed by atoms with Gasteiger partial charge in [-0.3, -0.25) is 0 Å². The van der Waals surface area contributed by atoms with E-state index in [9.17, 15) is 8.42 Å². The normalized spacial score (nSPS) is 11.8. The topological polar surface area (TPSA) is 60.2 Å². The van der Waals surface area contributed by atoms with Gasteiger partial charge in [0.15, 0.2) is 0 Å². The number of hydrogen-bond acceptors (Lipinski definition) is 2. The predicted octanol–water partition coefficient (Wildman–Crippen LogP) is 1.83. The minimum atomic E-state index is -3.33. The van der Waals surface area contributed by atoms with Crippen LogP contribution in [0.4, 0.5) is 0 Å². The summed E-state index contributed by atoms with van der Waals surface area (Å²) < 4.78 is 21.6. The zero-order valence-corrected chi connectivity index (χ0v) is 10.9. The molecule has 0 spiro atoms. The van der Waals surface area contributed by atoms with E-state index in [1.54, 1.807) is 0 Å². The third-order valence-corrected chi connectivity index (χ3v) is 3.55. The summed E-state index contributed by atoms with van der Waals surface area (Å²) in [7, 11) is -3.33. The van der Waals surface area contributed by atoms with Crippen molar-refractivity contribution >= 4 is 10.0 Å². The molecule has 0 atom stereocenters. The lowest BCUT2D eigenvalue weighted by Gasteiger charge is -2.10. The molecule has 1 aromatic rings. The van der Waals surface area contributed by atoms with Gasteiger partial charge in [-0.2, -0.15) is 0 Å². The molecule has 0 saturated heterocycles. The molecule has 1 aromatic carbocycles. The SMILES string of the molecule is Cc1cc(C)c(CCCS(N)(=O)=O)c(C)c1. The Hall–Kier alpha value is -0.870. The van der Waals surface area contributed by atoms with Gasteiger partial charge in [0, 0.05) is 0 Å². The largest absolute Gasteiger partial charge is 0.229 e. The molecule has 90 valence electrons. The van der Waals surface area contributed by atoms with Crippen LogP contribution in [0.1, 0.15) is 28.7 Å². The van der Waals surface area contributed by atoms with Crippen LogP contribution < -0.4 is 5.14 Å². The van der Waals surface area contributed by atoms with Gasteiger partial charge in [0.2, 0.25) is 10.0 Å². The van der Waals surface area contributed by atoms with Gasteiger partial charge in [0.05, 0.1) is 5.75 Å². The second-order valence-electron chi connectivity index (χ2n) is 4.35. The molecule has 0 fully saturated rings. The van der Waals surface area contributed by atoms with E-state index in [2.05, 4.69) is 32.9 Å². The highest BCUT2D eigenvalue weighted by atomic mass is 32.2. The molecule has 16 heavy (non-hydrogen) atoms. The van der Waals surface area contributed by atoms with Crippen molar-refractivity contribution in [3.05, 3.63) is 34.4 Å².